The second-order valence-electron chi connectivity index (χ2n) is 8.25. The summed E-state index contributed by atoms with van der Waals surface area (Å²) in [7, 11) is 0. The van der Waals surface area contributed by atoms with Crippen molar-refractivity contribution in [3.05, 3.63) is 100 Å². The van der Waals surface area contributed by atoms with Crippen LogP contribution in [0.1, 0.15) is 58.0 Å². The van der Waals surface area contributed by atoms with Crippen molar-refractivity contribution in [3.63, 3.8) is 0 Å². The van der Waals surface area contributed by atoms with E-state index in [1.54, 1.807) is 12.1 Å². The number of aryl methyl sites for hydroxylation is 1. The Labute approximate surface area is 187 Å². The lowest BCUT2D eigenvalue weighted by Gasteiger charge is -2.13. The molecule has 0 aromatic heterocycles. The number of amides is 2. The first-order valence-corrected chi connectivity index (χ1v) is 10.8. The molecule has 0 bridgehead atoms. The number of Topliss-reactive ketones (excluding diaryl/α,β-unsaturated/α-hetero) is 1. The second-order valence-corrected chi connectivity index (χ2v) is 8.25. The fourth-order valence-corrected chi connectivity index (χ4v) is 3.72. The average molecular weight is 427 g/mol. The molecule has 2 amide bonds. The van der Waals surface area contributed by atoms with Crippen molar-refractivity contribution in [1.82, 2.24) is 10.6 Å². The topological polar surface area (TPSA) is 75.3 Å². The van der Waals surface area contributed by atoms with Crippen LogP contribution in [-0.4, -0.2) is 23.6 Å². The van der Waals surface area contributed by atoms with Crippen LogP contribution in [0.15, 0.2) is 78.0 Å². The molecule has 2 N–H and O–H groups in total. The van der Waals surface area contributed by atoms with Crippen LogP contribution in [0.5, 0.6) is 0 Å². The van der Waals surface area contributed by atoms with Gasteiger partial charge >= 0.3 is 0 Å². The highest BCUT2D eigenvalue weighted by atomic mass is 16.2. The fourth-order valence-electron chi connectivity index (χ4n) is 3.72. The Hall–Kier alpha value is -3.73. The minimum Gasteiger partial charge on any atom is -0.349 e. The van der Waals surface area contributed by atoms with Gasteiger partial charge in [0.05, 0.1) is 0 Å². The predicted octanol–water partition coefficient (Wildman–Crippen LogP) is 4.50. The molecule has 162 valence electrons. The van der Waals surface area contributed by atoms with Crippen molar-refractivity contribution >= 4 is 23.2 Å². The lowest BCUT2D eigenvalue weighted by Crippen LogP contribution is -2.25. The third-order valence-corrected chi connectivity index (χ3v) is 5.59. The van der Waals surface area contributed by atoms with Gasteiger partial charge in [0.25, 0.3) is 5.91 Å². The first-order valence-electron chi connectivity index (χ1n) is 10.8. The molecule has 5 heteroatoms. The summed E-state index contributed by atoms with van der Waals surface area (Å²) >= 11 is 0. The van der Waals surface area contributed by atoms with E-state index in [9.17, 15) is 14.4 Å². The monoisotopic (exact) mass is 426 g/mol. The normalized spacial score (nSPS) is 15.6. The Kier molecular flexibility index (Phi) is 6.17. The van der Waals surface area contributed by atoms with Gasteiger partial charge in [0, 0.05) is 35.4 Å². The van der Waals surface area contributed by atoms with Gasteiger partial charge in [-0.25, -0.2) is 0 Å². The number of rotatable bonds is 6. The number of carbonyl (C=O) groups excluding carboxylic acids is 3. The molecule has 2 aromatic rings. The lowest BCUT2D eigenvalue weighted by molar-refractivity contribution is -0.118. The number of benzene rings is 2. The molecule has 5 nitrogen and oxygen atoms in total. The van der Waals surface area contributed by atoms with Gasteiger partial charge in [-0.1, -0.05) is 48.6 Å². The average Bonchev–Trinajstić information content (AvgIpc) is 3.61. The number of nitrogens with one attached hydrogen (secondary N) is 2. The molecule has 2 aliphatic carbocycles. The second kappa shape index (κ2) is 9.18. The number of ketones is 1. The number of allylic oxidation sites excluding steroid dienone is 5. The van der Waals surface area contributed by atoms with Crippen LogP contribution in [0.4, 0.5) is 0 Å². The minimum atomic E-state index is -0.245. The third kappa shape index (κ3) is 4.94. The van der Waals surface area contributed by atoms with E-state index in [0.717, 1.165) is 29.5 Å². The van der Waals surface area contributed by atoms with Crippen LogP contribution < -0.4 is 10.6 Å². The summed E-state index contributed by atoms with van der Waals surface area (Å²) in [4.78, 5) is 37.7. The predicted molar refractivity (Wildman–Crippen MR) is 125 cm³/mol. The Morgan fingerprint density at radius 3 is 2.41 bits per heavy atom. The van der Waals surface area contributed by atoms with Gasteiger partial charge in [-0.15, -0.1) is 0 Å². The van der Waals surface area contributed by atoms with Crippen molar-refractivity contribution in [1.29, 1.82) is 0 Å². The molecule has 0 aliphatic heterocycles. The van der Waals surface area contributed by atoms with E-state index >= 15 is 0 Å². The molecule has 0 unspecified atom stereocenters. The lowest BCUT2D eigenvalue weighted by atomic mass is 9.96. The van der Waals surface area contributed by atoms with Crippen molar-refractivity contribution in [2.75, 3.05) is 0 Å². The van der Waals surface area contributed by atoms with E-state index < -0.39 is 0 Å². The smallest absolute Gasteiger partial charge is 0.251 e. The zero-order valence-corrected chi connectivity index (χ0v) is 18.3. The summed E-state index contributed by atoms with van der Waals surface area (Å²) in [6, 6.07) is 14.9. The van der Waals surface area contributed by atoms with Crippen molar-refractivity contribution in [3.8, 4) is 0 Å². The molecule has 0 radical (unpaired) electrons. The quantitative estimate of drug-likeness (QED) is 0.668. The maximum Gasteiger partial charge on any atom is 0.251 e. The van der Waals surface area contributed by atoms with Crippen LogP contribution in [0, 0.1) is 6.92 Å². The van der Waals surface area contributed by atoms with E-state index in [1.807, 2.05) is 61.5 Å². The molecule has 4 rings (SSSR count). The molecule has 0 atom stereocenters. The first-order chi connectivity index (χ1) is 15.4. The summed E-state index contributed by atoms with van der Waals surface area (Å²) in [6.07, 6.45) is 8.14. The van der Waals surface area contributed by atoms with E-state index in [4.69, 9.17) is 0 Å². The van der Waals surface area contributed by atoms with Crippen molar-refractivity contribution in [2.45, 2.75) is 39.2 Å². The molecule has 1 saturated carbocycles. The van der Waals surface area contributed by atoms with E-state index in [0.29, 0.717) is 28.8 Å². The molecule has 2 aliphatic rings. The highest BCUT2D eigenvalue weighted by Crippen LogP contribution is 2.29. The van der Waals surface area contributed by atoms with Crippen LogP contribution in [0.3, 0.4) is 0 Å². The fraction of sp³-hybridized carbons (Fsp3) is 0.222. The Balaban J connectivity index is 1.75. The number of hydrogen-bond donors (Lipinski definition) is 2. The van der Waals surface area contributed by atoms with Gasteiger partial charge in [0.1, 0.15) is 0 Å². The largest absolute Gasteiger partial charge is 0.349 e. The van der Waals surface area contributed by atoms with Gasteiger partial charge in [0.2, 0.25) is 5.91 Å². The van der Waals surface area contributed by atoms with Crippen LogP contribution in [-0.2, 0) is 4.79 Å². The standard InChI is InChI=1S/C27H26N2O3/c1-17-11-12-21(27(32)29-22-13-14-22)15-24(17)20-9-6-10-23(25(16-20)28-18(2)30)26(31)19-7-4-3-5-8-19/h3-9,11-12,15-16,22H,10,13-14H2,1-2H3,(H,28,30)(H,29,32). The maximum atomic E-state index is 13.2. The van der Waals surface area contributed by atoms with Gasteiger partial charge in [0.15, 0.2) is 5.78 Å². The molecule has 0 saturated heterocycles. The molecular formula is C27H26N2O3. The third-order valence-electron chi connectivity index (χ3n) is 5.59. The number of carbonyl (C=O) groups is 3. The molecule has 1 fully saturated rings. The van der Waals surface area contributed by atoms with E-state index in [-0.39, 0.29) is 23.6 Å². The Morgan fingerprint density at radius 2 is 1.72 bits per heavy atom. The molecule has 0 heterocycles. The Bertz CT molecular complexity index is 1170. The molecule has 0 spiro atoms. The Morgan fingerprint density at radius 1 is 0.969 bits per heavy atom. The van der Waals surface area contributed by atoms with Crippen LogP contribution in [0.2, 0.25) is 0 Å². The van der Waals surface area contributed by atoms with Crippen LogP contribution >= 0.6 is 0 Å². The summed E-state index contributed by atoms with van der Waals surface area (Å²) < 4.78 is 0. The number of hydrogen-bond acceptors (Lipinski definition) is 3. The highest BCUT2D eigenvalue weighted by molar-refractivity contribution is 6.10. The van der Waals surface area contributed by atoms with Crippen molar-refractivity contribution in [2.24, 2.45) is 0 Å². The summed E-state index contributed by atoms with van der Waals surface area (Å²) in [5, 5.41) is 5.86. The SMILES string of the molecule is CC(=O)NC1=C(C(=O)c2ccccc2)CC=CC(c2cc(C(=O)NC3CC3)ccc2C)=C1. The zero-order valence-electron chi connectivity index (χ0n) is 18.3. The minimum absolute atomic E-state index is 0.0791. The van der Waals surface area contributed by atoms with Gasteiger partial charge in [-0.2, -0.15) is 0 Å². The zero-order chi connectivity index (χ0) is 22.7. The molecular weight excluding hydrogens is 400 g/mol. The maximum absolute atomic E-state index is 13.2. The van der Waals surface area contributed by atoms with E-state index in [1.165, 1.54) is 6.92 Å². The molecule has 32 heavy (non-hydrogen) atoms. The van der Waals surface area contributed by atoms with Gasteiger partial charge in [-0.05, 0) is 61.1 Å². The van der Waals surface area contributed by atoms with Gasteiger partial charge < -0.3 is 10.6 Å². The first kappa shape index (κ1) is 21.5. The van der Waals surface area contributed by atoms with Crippen LogP contribution in [0.25, 0.3) is 5.57 Å². The summed E-state index contributed by atoms with van der Waals surface area (Å²) in [6.45, 7) is 3.41. The van der Waals surface area contributed by atoms with E-state index in [2.05, 4.69) is 10.6 Å². The van der Waals surface area contributed by atoms with Crippen molar-refractivity contribution < 1.29 is 14.4 Å². The summed E-state index contributed by atoms with van der Waals surface area (Å²) in [5.41, 5.74) is 4.91. The van der Waals surface area contributed by atoms with Gasteiger partial charge in [-0.3, -0.25) is 14.4 Å². The summed E-state index contributed by atoms with van der Waals surface area (Å²) in [5.74, 6) is -0.444. The molecule has 2 aromatic carbocycles. The highest BCUT2D eigenvalue weighted by Gasteiger charge is 2.24.